The van der Waals surface area contributed by atoms with E-state index in [1.54, 1.807) is 0 Å². The molecule has 0 N–H and O–H groups in total. The van der Waals surface area contributed by atoms with E-state index in [-0.39, 0.29) is 0 Å². The Hall–Kier alpha value is -0.700. The van der Waals surface area contributed by atoms with Crippen molar-refractivity contribution in [3.05, 3.63) is 63.6 Å². The molecule has 2 rings (SSSR count). The SMILES string of the molecule is CN(Cc1ccc(Cl)cc1)c1ccc(CBr)cc1Cl. The molecule has 0 aromatic heterocycles. The van der Waals surface area contributed by atoms with Crippen molar-refractivity contribution in [3.8, 4) is 0 Å². The van der Waals surface area contributed by atoms with Gasteiger partial charge in [0, 0.05) is 23.9 Å². The third-order valence-electron chi connectivity index (χ3n) is 2.91. The van der Waals surface area contributed by atoms with Crippen LogP contribution in [-0.4, -0.2) is 7.05 Å². The van der Waals surface area contributed by atoms with Crippen molar-refractivity contribution in [1.29, 1.82) is 0 Å². The van der Waals surface area contributed by atoms with Crippen LogP contribution < -0.4 is 4.90 Å². The Morgan fingerprint density at radius 3 is 2.21 bits per heavy atom. The molecule has 0 radical (unpaired) electrons. The normalized spacial score (nSPS) is 10.5. The minimum Gasteiger partial charge on any atom is -0.369 e. The zero-order valence-corrected chi connectivity index (χ0v) is 13.6. The first-order valence-electron chi connectivity index (χ1n) is 5.90. The van der Waals surface area contributed by atoms with Gasteiger partial charge in [-0.05, 0) is 35.4 Å². The number of alkyl halides is 1. The zero-order chi connectivity index (χ0) is 13.8. The first-order valence-corrected chi connectivity index (χ1v) is 7.78. The van der Waals surface area contributed by atoms with Crippen LogP contribution in [0.3, 0.4) is 0 Å². The lowest BCUT2D eigenvalue weighted by Gasteiger charge is -2.21. The molecular formula is C15H14BrCl2N. The van der Waals surface area contributed by atoms with Crippen molar-refractivity contribution in [2.45, 2.75) is 11.9 Å². The number of benzene rings is 2. The summed E-state index contributed by atoms with van der Waals surface area (Å²) >= 11 is 15.6. The molecule has 0 unspecified atom stereocenters. The summed E-state index contributed by atoms with van der Waals surface area (Å²) in [5.74, 6) is 0. The molecule has 0 fully saturated rings. The molecule has 0 aliphatic heterocycles. The molecule has 0 spiro atoms. The number of rotatable bonds is 4. The predicted molar refractivity (Wildman–Crippen MR) is 87.6 cm³/mol. The second-order valence-electron chi connectivity index (χ2n) is 4.40. The van der Waals surface area contributed by atoms with Gasteiger partial charge in [-0.25, -0.2) is 0 Å². The van der Waals surface area contributed by atoms with Crippen LogP contribution in [0.4, 0.5) is 5.69 Å². The fourth-order valence-corrected chi connectivity index (χ4v) is 2.71. The van der Waals surface area contributed by atoms with Crippen LogP contribution in [-0.2, 0) is 11.9 Å². The summed E-state index contributed by atoms with van der Waals surface area (Å²) in [5.41, 5.74) is 3.41. The van der Waals surface area contributed by atoms with Gasteiger partial charge in [0.2, 0.25) is 0 Å². The topological polar surface area (TPSA) is 3.24 Å². The summed E-state index contributed by atoms with van der Waals surface area (Å²) in [6.07, 6.45) is 0. The first-order chi connectivity index (χ1) is 9.10. The Labute approximate surface area is 132 Å². The van der Waals surface area contributed by atoms with Gasteiger partial charge in [0.25, 0.3) is 0 Å². The highest BCUT2D eigenvalue weighted by atomic mass is 79.9. The van der Waals surface area contributed by atoms with Crippen LogP contribution in [0.25, 0.3) is 0 Å². The van der Waals surface area contributed by atoms with E-state index in [0.29, 0.717) is 0 Å². The summed E-state index contributed by atoms with van der Waals surface area (Å²) < 4.78 is 0. The van der Waals surface area contributed by atoms with Gasteiger partial charge in [-0.15, -0.1) is 0 Å². The van der Waals surface area contributed by atoms with Gasteiger partial charge >= 0.3 is 0 Å². The number of nitrogens with zero attached hydrogens (tertiary/aromatic N) is 1. The van der Waals surface area contributed by atoms with E-state index in [9.17, 15) is 0 Å². The van der Waals surface area contributed by atoms with Crippen molar-refractivity contribution in [2.75, 3.05) is 11.9 Å². The maximum Gasteiger partial charge on any atom is 0.0642 e. The molecular weight excluding hydrogens is 345 g/mol. The molecule has 19 heavy (non-hydrogen) atoms. The highest BCUT2D eigenvalue weighted by Gasteiger charge is 2.07. The average Bonchev–Trinajstić information content (AvgIpc) is 2.41. The summed E-state index contributed by atoms with van der Waals surface area (Å²) in [5, 5.41) is 2.34. The Kier molecular flexibility index (Phi) is 5.14. The molecule has 100 valence electrons. The molecule has 0 heterocycles. The quantitative estimate of drug-likeness (QED) is 0.650. The highest BCUT2D eigenvalue weighted by Crippen LogP contribution is 2.28. The Morgan fingerprint density at radius 1 is 1.00 bits per heavy atom. The van der Waals surface area contributed by atoms with Crippen LogP contribution >= 0.6 is 39.1 Å². The molecule has 0 atom stereocenters. The summed E-state index contributed by atoms with van der Waals surface area (Å²) in [7, 11) is 2.03. The van der Waals surface area contributed by atoms with Crippen molar-refractivity contribution >= 4 is 44.8 Å². The van der Waals surface area contributed by atoms with E-state index in [4.69, 9.17) is 23.2 Å². The van der Waals surface area contributed by atoms with E-state index in [0.717, 1.165) is 27.6 Å². The summed E-state index contributed by atoms with van der Waals surface area (Å²) in [6.45, 7) is 0.796. The molecule has 0 saturated carbocycles. The van der Waals surface area contributed by atoms with Gasteiger partial charge < -0.3 is 4.90 Å². The third kappa shape index (κ3) is 3.88. The number of halogens is 3. The minimum atomic E-state index is 0.756. The smallest absolute Gasteiger partial charge is 0.0642 e. The molecule has 2 aromatic carbocycles. The van der Waals surface area contributed by atoms with Gasteiger partial charge in [0.05, 0.1) is 10.7 Å². The van der Waals surface area contributed by atoms with E-state index < -0.39 is 0 Å². The monoisotopic (exact) mass is 357 g/mol. The molecule has 0 bridgehead atoms. The van der Waals surface area contributed by atoms with Crippen LogP contribution in [0.5, 0.6) is 0 Å². The minimum absolute atomic E-state index is 0.756. The van der Waals surface area contributed by atoms with Gasteiger partial charge in [-0.1, -0.05) is 57.3 Å². The largest absolute Gasteiger partial charge is 0.369 e. The zero-order valence-electron chi connectivity index (χ0n) is 10.5. The molecule has 0 aliphatic rings. The lowest BCUT2D eigenvalue weighted by molar-refractivity contribution is 0.923. The van der Waals surface area contributed by atoms with E-state index >= 15 is 0 Å². The number of anilines is 1. The lowest BCUT2D eigenvalue weighted by atomic mass is 10.2. The highest BCUT2D eigenvalue weighted by molar-refractivity contribution is 9.08. The van der Waals surface area contributed by atoms with Crippen LogP contribution in [0.15, 0.2) is 42.5 Å². The van der Waals surface area contributed by atoms with Gasteiger partial charge in [0.1, 0.15) is 0 Å². The second kappa shape index (κ2) is 6.65. The molecule has 0 saturated heterocycles. The third-order valence-corrected chi connectivity index (χ3v) is 4.11. The molecule has 2 aromatic rings. The molecule has 4 heteroatoms. The molecule has 0 aliphatic carbocycles. The van der Waals surface area contributed by atoms with Gasteiger partial charge in [0.15, 0.2) is 0 Å². The molecule has 1 nitrogen and oxygen atoms in total. The number of hydrogen-bond donors (Lipinski definition) is 0. The van der Waals surface area contributed by atoms with Crippen LogP contribution in [0, 0.1) is 0 Å². The second-order valence-corrected chi connectivity index (χ2v) is 5.81. The van der Waals surface area contributed by atoms with Crippen molar-refractivity contribution in [3.63, 3.8) is 0 Å². The van der Waals surface area contributed by atoms with Gasteiger partial charge in [-0.3, -0.25) is 0 Å². The fraction of sp³-hybridized carbons (Fsp3) is 0.200. The van der Waals surface area contributed by atoms with Crippen molar-refractivity contribution in [1.82, 2.24) is 0 Å². The lowest BCUT2D eigenvalue weighted by Crippen LogP contribution is -2.16. The van der Waals surface area contributed by atoms with E-state index in [2.05, 4.69) is 33.0 Å². The average molecular weight is 359 g/mol. The first kappa shape index (κ1) is 14.7. The predicted octanol–water partition coefficient (Wildman–Crippen LogP) is 5.52. The summed E-state index contributed by atoms with van der Waals surface area (Å²) in [4.78, 5) is 2.13. The van der Waals surface area contributed by atoms with Gasteiger partial charge in [-0.2, -0.15) is 0 Å². The Balaban J connectivity index is 2.15. The number of hydrogen-bond acceptors (Lipinski definition) is 1. The standard InChI is InChI=1S/C15H14BrCl2N/c1-19(10-11-2-5-13(17)6-3-11)15-7-4-12(9-16)8-14(15)18/h2-8H,9-10H2,1H3. The van der Waals surface area contributed by atoms with Crippen molar-refractivity contribution in [2.24, 2.45) is 0 Å². The van der Waals surface area contributed by atoms with Crippen LogP contribution in [0.2, 0.25) is 10.0 Å². The fourth-order valence-electron chi connectivity index (χ4n) is 1.89. The van der Waals surface area contributed by atoms with Crippen molar-refractivity contribution < 1.29 is 0 Å². The molecule has 0 amide bonds. The van der Waals surface area contributed by atoms with E-state index in [1.165, 1.54) is 11.1 Å². The maximum absolute atomic E-state index is 6.31. The Bertz CT molecular complexity index is 555. The van der Waals surface area contributed by atoms with E-state index in [1.807, 2.05) is 37.4 Å². The van der Waals surface area contributed by atoms with Crippen LogP contribution in [0.1, 0.15) is 11.1 Å². The summed E-state index contributed by atoms with van der Waals surface area (Å²) in [6, 6.07) is 14.0. The Morgan fingerprint density at radius 2 is 1.63 bits per heavy atom. The maximum atomic E-state index is 6.31.